The normalized spacial score (nSPS) is 12.7. The first-order valence-corrected chi connectivity index (χ1v) is 8.17. The summed E-state index contributed by atoms with van der Waals surface area (Å²) in [6.07, 6.45) is 0. The quantitative estimate of drug-likeness (QED) is 0.791. The molecule has 2 N–H and O–H groups in total. The zero-order chi connectivity index (χ0) is 15.4. The van der Waals surface area contributed by atoms with Gasteiger partial charge in [0.1, 0.15) is 0 Å². The molecule has 0 aliphatic carbocycles. The maximum atomic E-state index is 6.32. The van der Waals surface area contributed by atoms with Crippen molar-refractivity contribution in [1.29, 1.82) is 0 Å². The third kappa shape index (κ3) is 3.99. The summed E-state index contributed by atoms with van der Waals surface area (Å²) in [6.45, 7) is 1.24. The molecule has 0 saturated heterocycles. The molecule has 0 spiro atoms. The lowest BCUT2D eigenvalue weighted by Crippen LogP contribution is -2.30. The van der Waals surface area contributed by atoms with E-state index >= 15 is 0 Å². The minimum Gasteiger partial charge on any atom is -0.329 e. The van der Waals surface area contributed by atoms with Gasteiger partial charge in [-0.1, -0.05) is 69.5 Å². The van der Waals surface area contributed by atoms with Gasteiger partial charge in [0, 0.05) is 23.6 Å². The molecule has 0 fully saturated rings. The summed E-state index contributed by atoms with van der Waals surface area (Å²) in [5.41, 5.74) is 8.13. The van der Waals surface area contributed by atoms with Gasteiger partial charge in [-0.15, -0.1) is 0 Å². The predicted octanol–water partition coefficient (Wildman–Crippen LogP) is 4.89. The van der Waals surface area contributed by atoms with Crippen molar-refractivity contribution in [3.8, 4) is 0 Å². The van der Waals surface area contributed by atoms with Gasteiger partial charge in [-0.3, -0.25) is 4.90 Å². The molecule has 0 saturated carbocycles. The zero-order valence-corrected chi connectivity index (χ0v) is 14.8. The third-order valence-electron chi connectivity index (χ3n) is 3.47. The van der Waals surface area contributed by atoms with E-state index in [1.807, 2.05) is 37.4 Å². The molecular formula is C16H17BrCl2N2. The molecule has 2 aromatic carbocycles. The molecular weight excluding hydrogens is 371 g/mol. The van der Waals surface area contributed by atoms with Gasteiger partial charge in [0.25, 0.3) is 0 Å². The van der Waals surface area contributed by atoms with Crippen molar-refractivity contribution in [1.82, 2.24) is 4.90 Å². The van der Waals surface area contributed by atoms with Crippen molar-refractivity contribution in [2.75, 3.05) is 13.6 Å². The highest BCUT2D eigenvalue weighted by atomic mass is 79.9. The van der Waals surface area contributed by atoms with Gasteiger partial charge < -0.3 is 5.73 Å². The van der Waals surface area contributed by atoms with E-state index in [1.54, 1.807) is 6.07 Å². The monoisotopic (exact) mass is 386 g/mol. The van der Waals surface area contributed by atoms with Crippen LogP contribution < -0.4 is 5.73 Å². The van der Waals surface area contributed by atoms with E-state index in [-0.39, 0.29) is 6.04 Å². The molecule has 0 heterocycles. The van der Waals surface area contributed by atoms with Crippen LogP contribution in [0.1, 0.15) is 17.2 Å². The Bertz CT molecular complexity index is 619. The smallest absolute Gasteiger partial charge is 0.0640 e. The van der Waals surface area contributed by atoms with Crippen LogP contribution in [0.3, 0.4) is 0 Å². The van der Waals surface area contributed by atoms with Crippen LogP contribution in [0.5, 0.6) is 0 Å². The number of hydrogen-bond donors (Lipinski definition) is 1. The first kappa shape index (κ1) is 16.8. The second-order valence-corrected chi connectivity index (χ2v) is 6.54. The Hall–Kier alpha value is -0.580. The minimum absolute atomic E-state index is 0.0170. The fourth-order valence-corrected chi connectivity index (χ4v) is 3.17. The summed E-state index contributed by atoms with van der Waals surface area (Å²) in [5, 5.41) is 1.13. The average Bonchev–Trinajstić information content (AvgIpc) is 2.47. The highest BCUT2D eigenvalue weighted by Gasteiger charge is 2.20. The van der Waals surface area contributed by atoms with E-state index in [0.29, 0.717) is 16.6 Å². The maximum absolute atomic E-state index is 6.32. The van der Waals surface area contributed by atoms with Crippen LogP contribution in [-0.4, -0.2) is 18.5 Å². The van der Waals surface area contributed by atoms with Gasteiger partial charge in [0.2, 0.25) is 0 Å². The number of hydrogen-bond acceptors (Lipinski definition) is 2. The van der Waals surface area contributed by atoms with Crippen LogP contribution in [-0.2, 0) is 6.54 Å². The fourth-order valence-electron chi connectivity index (χ4n) is 2.33. The van der Waals surface area contributed by atoms with Crippen molar-refractivity contribution in [3.05, 3.63) is 68.1 Å². The van der Waals surface area contributed by atoms with E-state index in [0.717, 1.165) is 16.6 Å². The Balaban J connectivity index is 2.25. The molecule has 1 unspecified atom stereocenters. The van der Waals surface area contributed by atoms with Crippen molar-refractivity contribution < 1.29 is 0 Å². The summed E-state index contributed by atoms with van der Waals surface area (Å²) in [6, 6.07) is 13.8. The van der Waals surface area contributed by atoms with Gasteiger partial charge in [-0.2, -0.15) is 0 Å². The molecule has 2 aromatic rings. The van der Waals surface area contributed by atoms with Crippen LogP contribution >= 0.6 is 39.1 Å². The van der Waals surface area contributed by atoms with Gasteiger partial charge in [0.15, 0.2) is 0 Å². The number of nitrogens with two attached hydrogens (primary N) is 1. The summed E-state index contributed by atoms with van der Waals surface area (Å²) < 4.78 is 1.09. The molecule has 0 aromatic heterocycles. The molecule has 0 aliphatic rings. The molecule has 112 valence electrons. The minimum atomic E-state index is 0.0170. The number of nitrogens with zero attached hydrogens (tertiary/aromatic N) is 1. The molecule has 21 heavy (non-hydrogen) atoms. The van der Waals surface area contributed by atoms with E-state index in [9.17, 15) is 0 Å². The summed E-state index contributed by atoms with van der Waals surface area (Å²) >= 11 is 16.0. The van der Waals surface area contributed by atoms with Crippen LogP contribution in [0.25, 0.3) is 0 Å². The second kappa shape index (κ2) is 7.61. The zero-order valence-electron chi connectivity index (χ0n) is 11.7. The standard InChI is InChI=1S/C16H17BrCl2N2/c1-21(10-11-5-2-3-7-13(11)17)15(9-20)12-6-4-8-14(18)16(12)19/h2-8,15H,9-10,20H2,1H3. The topological polar surface area (TPSA) is 29.3 Å². The van der Waals surface area contributed by atoms with Crippen LogP contribution in [0.2, 0.25) is 10.0 Å². The second-order valence-electron chi connectivity index (χ2n) is 4.90. The lowest BCUT2D eigenvalue weighted by atomic mass is 10.0. The number of likely N-dealkylation sites (N-methyl/N-ethyl adjacent to an activating group) is 1. The number of halogens is 3. The third-order valence-corrected chi connectivity index (χ3v) is 5.08. The highest BCUT2D eigenvalue weighted by molar-refractivity contribution is 9.10. The van der Waals surface area contributed by atoms with Crippen molar-refractivity contribution in [3.63, 3.8) is 0 Å². The fraction of sp³-hybridized carbons (Fsp3) is 0.250. The van der Waals surface area contributed by atoms with Gasteiger partial charge in [-0.25, -0.2) is 0 Å². The molecule has 5 heteroatoms. The molecule has 2 rings (SSSR count). The Morgan fingerprint density at radius 2 is 1.86 bits per heavy atom. The summed E-state index contributed by atoms with van der Waals surface area (Å²) in [7, 11) is 2.04. The first-order chi connectivity index (χ1) is 10.0. The van der Waals surface area contributed by atoms with Gasteiger partial charge in [-0.05, 0) is 30.3 Å². The van der Waals surface area contributed by atoms with Crippen LogP contribution in [0, 0.1) is 0 Å². The highest BCUT2D eigenvalue weighted by Crippen LogP contribution is 2.32. The van der Waals surface area contributed by atoms with Gasteiger partial charge >= 0.3 is 0 Å². The van der Waals surface area contributed by atoms with Crippen molar-refractivity contribution >= 4 is 39.1 Å². The molecule has 0 amide bonds. The van der Waals surface area contributed by atoms with E-state index in [4.69, 9.17) is 28.9 Å². The Kier molecular flexibility index (Phi) is 6.08. The maximum Gasteiger partial charge on any atom is 0.0640 e. The number of benzene rings is 2. The SMILES string of the molecule is CN(Cc1ccccc1Br)C(CN)c1cccc(Cl)c1Cl. The predicted molar refractivity (Wildman–Crippen MR) is 93.9 cm³/mol. The largest absolute Gasteiger partial charge is 0.329 e. The van der Waals surface area contributed by atoms with Crippen LogP contribution in [0.4, 0.5) is 0 Å². The summed E-state index contributed by atoms with van der Waals surface area (Å²) in [5.74, 6) is 0. The Morgan fingerprint density at radius 3 is 2.52 bits per heavy atom. The molecule has 0 aliphatic heterocycles. The van der Waals surface area contributed by atoms with E-state index in [1.165, 1.54) is 5.56 Å². The lowest BCUT2D eigenvalue weighted by molar-refractivity contribution is 0.241. The molecule has 1 atom stereocenters. The molecule has 0 radical (unpaired) electrons. The summed E-state index contributed by atoms with van der Waals surface area (Å²) in [4.78, 5) is 2.18. The Labute approximate surface area is 144 Å². The number of rotatable bonds is 5. The average molecular weight is 388 g/mol. The van der Waals surface area contributed by atoms with Gasteiger partial charge in [0.05, 0.1) is 10.0 Å². The van der Waals surface area contributed by atoms with Crippen molar-refractivity contribution in [2.24, 2.45) is 5.73 Å². The molecule has 0 bridgehead atoms. The molecule has 2 nitrogen and oxygen atoms in total. The van der Waals surface area contributed by atoms with E-state index < -0.39 is 0 Å². The lowest BCUT2D eigenvalue weighted by Gasteiger charge is -2.28. The van der Waals surface area contributed by atoms with Crippen LogP contribution in [0.15, 0.2) is 46.9 Å². The Morgan fingerprint density at radius 1 is 1.14 bits per heavy atom. The van der Waals surface area contributed by atoms with E-state index in [2.05, 4.69) is 26.9 Å². The first-order valence-electron chi connectivity index (χ1n) is 6.62. The van der Waals surface area contributed by atoms with Crippen molar-refractivity contribution in [2.45, 2.75) is 12.6 Å².